The van der Waals surface area contributed by atoms with Crippen LogP contribution in [0.3, 0.4) is 0 Å². The van der Waals surface area contributed by atoms with E-state index in [2.05, 4.69) is 10.6 Å². The largest absolute Gasteiger partial charge is 0.492 e. The van der Waals surface area contributed by atoms with E-state index in [0.29, 0.717) is 13.2 Å². The summed E-state index contributed by atoms with van der Waals surface area (Å²) in [5.41, 5.74) is 1.10. The van der Waals surface area contributed by atoms with Crippen molar-refractivity contribution in [2.75, 3.05) is 13.2 Å². The number of amides is 2. The summed E-state index contributed by atoms with van der Waals surface area (Å²) in [6.45, 7) is 3.97. The van der Waals surface area contributed by atoms with Crippen LogP contribution in [0.15, 0.2) is 24.3 Å². The van der Waals surface area contributed by atoms with Crippen LogP contribution in [0.1, 0.15) is 12.5 Å². The number of ether oxygens (including phenoxy) is 1. The third-order valence-corrected chi connectivity index (χ3v) is 2.36. The number of carbonyl (C=O) groups is 2. The van der Waals surface area contributed by atoms with Gasteiger partial charge in [-0.15, -0.1) is 0 Å². The SMILES string of the molecule is Cc1cccc(OCCNC(=O)N[C@H](C)C(=O)O)c1. The van der Waals surface area contributed by atoms with Crippen LogP contribution in [0.2, 0.25) is 0 Å². The number of carboxylic acids is 1. The molecule has 0 spiro atoms. The van der Waals surface area contributed by atoms with E-state index in [0.717, 1.165) is 11.3 Å². The average Bonchev–Trinajstić information content (AvgIpc) is 2.34. The maximum Gasteiger partial charge on any atom is 0.325 e. The summed E-state index contributed by atoms with van der Waals surface area (Å²) in [6.07, 6.45) is 0. The molecule has 0 aliphatic carbocycles. The first-order valence-corrected chi connectivity index (χ1v) is 5.95. The monoisotopic (exact) mass is 266 g/mol. The molecule has 3 N–H and O–H groups in total. The Hall–Kier alpha value is -2.24. The lowest BCUT2D eigenvalue weighted by Crippen LogP contribution is -2.45. The van der Waals surface area contributed by atoms with Gasteiger partial charge < -0.3 is 20.5 Å². The van der Waals surface area contributed by atoms with Crippen LogP contribution in [-0.4, -0.2) is 36.3 Å². The molecule has 0 bridgehead atoms. The minimum absolute atomic E-state index is 0.298. The second kappa shape index (κ2) is 7.25. The number of nitrogens with one attached hydrogen (secondary N) is 2. The fourth-order valence-corrected chi connectivity index (χ4v) is 1.35. The van der Waals surface area contributed by atoms with Crippen molar-refractivity contribution in [3.63, 3.8) is 0 Å². The Bertz CT molecular complexity index is 448. The van der Waals surface area contributed by atoms with Crippen molar-refractivity contribution in [2.24, 2.45) is 0 Å². The summed E-state index contributed by atoms with van der Waals surface area (Å²) in [5.74, 6) is -0.340. The van der Waals surface area contributed by atoms with Gasteiger partial charge in [-0.05, 0) is 31.5 Å². The summed E-state index contributed by atoms with van der Waals surface area (Å²) in [7, 11) is 0. The van der Waals surface area contributed by atoms with Crippen LogP contribution < -0.4 is 15.4 Å². The second-order valence-electron chi connectivity index (χ2n) is 4.13. The lowest BCUT2D eigenvalue weighted by Gasteiger charge is -2.11. The molecule has 0 radical (unpaired) electrons. The van der Waals surface area contributed by atoms with Gasteiger partial charge in [-0.3, -0.25) is 4.79 Å². The first kappa shape index (κ1) is 14.8. The molecule has 1 aromatic carbocycles. The van der Waals surface area contributed by atoms with Crippen molar-refractivity contribution < 1.29 is 19.4 Å². The number of aryl methyl sites for hydroxylation is 1. The Labute approximate surface area is 111 Å². The Balaban J connectivity index is 2.20. The van der Waals surface area contributed by atoms with E-state index in [4.69, 9.17) is 9.84 Å². The lowest BCUT2D eigenvalue weighted by molar-refractivity contribution is -0.138. The van der Waals surface area contributed by atoms with Crippen LogP contribution in [0.25, 0.3) is 0 Å². The van der Waals surface area contributed by atoms with E-state index in [1.807, 2.05) is 31.2 Å². The Morgan fingerprint density at radius 1 is 1.42 bits per heavy atom. The molecule has 0 heterocycles. The van der Waals surface area contributed by atoms with Gasteiger partial charge in [-0.25, -0.2) is 4.79 Å². The lowest BCUT2D eigenvalue weighted by atomic mass is 10.2. The summed E-state index contributed by atoms with van der Waals surface area (Å²) >= 11 is 0. The van der Waals surface area contributed by atoms with Crippen LogP contribution in [0.4, 0.5) is 4.79 Å². The fourth-order valence-electron chi connectivity index (χ4n) is 1.35. The highest BCUT2D eigenvalue weighted by Crippen LogP contribution is 2.11. The molecular weight excluding hydrogens is 248 g/mol. The number of urea groups is 1. The maximum absolute atomic E-state index is 11.3. The van der Waals surface area contributed by atoms with Crippen LogP contribution in [0, 0.1) is 6.92 Å². The molecule has 0 unspecified atom stereocenters. The van der Waals surface area contributed by atoms with Crippen molar-refractivity contribution in [1.82, 2.24) is 10.6 Å². The maximum atomic E-state index is 11.3. The van der Waals surface area contributed by atoms with E-state index in [1.54, 1.807) is 0 Å². The zero-order valence-corrected chi connectivity index (χ0v) is 11.0. The molecule has 1 atom stereocenters. The summed E-state index contributed by atoms with van der Waals surface area (Å²) in [4.78, 5) is 21.8. The molecule has 0 aromatic heterocycles. The number of benzene rings is 1. The van der Waals surface area contributed by atoms with Crippen molar-refractivity contribution in [1.29, 1.82) is 0 Å². The zero-order valence-electron chi connectivity index (χ0n) is 11.0. The third-order valence-electron chi connectivity index (χ3n) is 2.36. The topological polar surface area (TPSA) is 87.7 Å². The molecule has 0 fully saturated rings. The first-order valence-electron chi connectivity index (χ1n) is 5.95. The molecule has 19 heavy (non-hydrogen) atoms. The number of hydrogen-bond acceptors (Lipinski definition) is 3. The quantitative estimate of drug-likeness (QED) is 0.674. The molecule has 6 nitrogen and oxygen atoms in total. The molecule has 1 rings (SSSR count). The zero-order chi connectivity index (χ0) is 14.3. The molecule has 2 amide bonds. The number of carbonyl (C=O) groups excluding carboxylic acids is 1. The standard InChI is InChI=1S/C13H18N2O4/c1-9-4-3-5-11(8-9)19-7-6-14-13(18)15-10(2)12(16)17/h3-5,8,10H,6-7H2,1-2H3,(H,16,17)(H2,14,15,18)/t10-/m1/s1. The van der Waals surface area contributed by atoms with Crippen molar-refractivity contribution >= 4 is 12.0 Å². The molecule has 0 aliphatic heterocycles. The number of hydrogen-bond donors (Lipinski definition) is 3. The molecule has 6 heteroatoms. The molecule has 104 valence electrons. The smallest absolute Gasteiger partial charge is 0.325 e. The number of aliphatic carboxylic acids is 1. The summed E-state index contributed by atoms with van der Waals surface area (Å²) in [5, 5.41) is 13.4. The van der Waals surface area contributed by atoms with Crippen LogP contribution in [-0.2, 0) is 4.79 Å². The third kappa shape index (κ3) is 5.76. The van der Waals surface area contributed by atoms with Crippen LogP contribution >= 0.6 is 0 Å². The normalized spacial score (nSPS) is 11.5. The van der Waals surface area contributed by atoms with Gasteiger partial charge in [-0.2, -0.15) is 0 Å². The molecule has 0 saturated carbocycles. The molecule has 0 aliphatic rings. The Morgan fingerprint density at radius 3 is 2.79 bits per heavy atom. The number of rotatable bonds is 6. The van der Waals surface area contributed by atoms with E-state index >= 15 is 0 Å². The van der Waals surface area contributed by atoms with E-state index in [1.165, 1.54) is 6.92 Å². The first-order chi connectivity index (χ1) is 8.99. The molecule has 1 aromatic rings. The van der Waals surface area contributed by atoms with Crippen molar-refractivity contribution in [3.05, 3.63) is 29.8 Å². The summed E-state index contributed by atoms with van der Waals surface area (Å²) < 4.78 is 5.43. The van der Waals surface area contributed by atoms with Gasteiger partial charge in [0.25, 0.3) is 0 Å². The predicted octanol–water partition coefficient (Wildman–Crippen LogP) is 1.15. The van der Waals surface area contributed by atoms with Crippen molar-refractivity contribution in [3.8, 4) is 5.75 Å². The number of carboxylic acid groups (broad SMARTS) is 1. The van der Waals surface area contributed by atoms with E-state index in [9.17, 15) is 9.59 Å². The van der Waals surface area contributed by atoms with Gasteiger partial charge in [0.1, 0.15) is 18.4 Å². The van der Waals surface area contributed by atoms with Gasteiger partial charge >= 0.3 is 12.0 Å². The van der Waals surface area contributed by atoms with Gasteiger partial charge in [0.15, 0.2) is 0 Å². The highest BCUT2D eigenvalue weighted by molar-refractivity contribution is 5.82. The van der Waals surface area contributed by atoms with E-state index < -0.39 is 18.0 Å². The van der Waals surface area contributed by atoms with Gasteiger partial charge in [0.05, 0.1) is 6.54 Å². The minimum atomic E-state index is -1.08. The van der Waals surface area contributed by atoms with Gasteiger partial charge in [-0.1, -0.05) is 12.1 Å². The van der Waals surface area contributed by atoms with E-state index in [-0.39, 0.29) is 0 Å². The highest BCUT2D eigenvalue weighted by atomic mass is 16.5. The second-order valence-corrected chi connectivity index (χ2v) is 4.13. The van der Waals surface area contributed by atoms with Crippen LogP contribution in [0.5, 0.6) is 5.75 Å². The minimum Gasteiger partial charge on any atom is -0.492 e. The molecule has 0 saturated heterocycles. The average molecular weight is 266 g/mol. The highest BCUT2D eigenvalue weighted by Gasteiger charge is 2.12. The predicted molar refractivity (Wildman–Crippen MR) is 70.3 cm³/mol. The van der Waals surface area contributed by atoms with Crippen molar-refractivity contribution in [2.45, 2.75) is 19.9 Å². The summed E-state index contributed by atoms with van der Waals surface area (Å²) in [6, 6.07) is 6.14. The fraction of sp³-hybridized carbons (Fsp3) is 0.385. The Kier molecular flexibility index (Phi) is 5.66. The van der Waals surface area contributed by atoms with Gasteiger partial charge in [0.2, 0.25) is 0 Å². The molecular formula is C13H18N2O4. The van der Waals surface area contributed by atoms with Gasteiger partial charge in [0, 0.05) is 0 Å². The Morgan fingerprint density at radius 2 is 2.16 bits per heavy atom.